The first kappa shape index (κ1) is 9.90. The highest BCUT2D eigenvalue weighted by Gasteiger charge is 2.05. The summed E-state index contributed by atoms with van der Waals surface area (Å²) in [5.74, 6) is 0.0988. The molecule has 2 nitrogen and oxygen atoms in total. The smallest absolute Gasteiger partial charge is 0.125 e. The van der Waals surface area contributed by atoms with Crippen LogP contribution in [0.15, 0.2) is 36.7 Å². The van der Waals surface area contributed by atoms with Gasteiger partial charge >= 0.3 is 0 Å². The lowest BCUT2D eigenvalue weighted by molar-refractivity contribution is 0.620. The molecule has 1 heterocycles. The molecule has 0 aliphatic rings. The third kappa shape index (κ3) is 2.06. The van der Waals surface area contributed by atoms with Crippen LogP contribution in [0.5, 0.6) is 0 Å². The van der Waals surface area contributed by atoms with E-state index in [2.05, 4.69) is 5.10 Å². The summed E-state index contributed by atoms with van der Waals surface area (Å²) >= 11 is 0. The van der Waals surface area contributed by atoms with Crippen LogP contribution in [0.3, 0.4) is 0 Å². The SMILES string of the molecule is CC(C)c1cc(F)cc(-n2cccn2)c1. The Morgan fingerprint density at radius 1 is 1.27 bits per heavy atom. The quantitative estimate of drug-likeness (QED) is 0.734. The molecule has 0 aliphatic carbocycles. The zero-order chi connectivity index (χ0) is 10.8. The van der Waals surface area contributed by atoms with Crippen LogP contribution < -0.4 is 0 Å². The predicted octanol–water partition coefficient (Wildman–Crippen LogP) is 3.13. The first-order valence-corrected chi connectivity index (χ1v) is 4.97. The Hall–Kier alpha value is -1.64. The molecular formula is C12H13FN2. The molecule has 0 aliphatic heterocycles. The molecule has 2 rings (SSSR count). The molecule has 0 saturated heterocycles. The van der Waals surface area contributed by atoms with Crippen LogP contribution in [-0.2, 0) is 0 Å². The Labute approximate surface area is 88.4 Å². The third-order valence-corrected chi connectivity index (χ3v) is 2.34. The van der Waals surface area contributed by atoms with Crippen molar-refractivity contribution in [3.05, 3.63) is 48.0 Å². The van der Waals surface area contributed by atoms with Gasteiger partial charge in [0.25, 0.3) is 0 Å². The van der Waals surface area contributed by atoms with Crippen molar-refractivity contribution in [3.8, 4) is 5.69 Å². The summed E-state index contributed by atoms with van der Waals surface area (Å²) in [6.07, 6.45) is 3.48. The van der Waals surface area contributed by atoms with E-state index in [0.29, 0.717) is 5.92 Å². The van der Waals surface area contributed by atoms with E-state index in [9.17, 15) is 4.39 Å². The fourth-order valence-corrected chi connectivity index (χ4v) is 1.48. The average molecular weight is 204 g/mol. The Morgan fingerprint density at radius 3 is 2.67 bits per heavy atom. The number of nitrogens with zero attached hydrogens (tertiary/aromatic N) is 2. The molecule has 0 bridgehead atoms. The van der Waals surface area contributed by atoms with E-state index in [1.165, 1.54) is 6.07 Å². The summed E-state index contributed by atoms with van der Waals surface area (Å²) < 4.78 is 15.0. The van der Waals surface area contributed by atoms with Crippen LogP contribution in [0.1, 0.15) is 25.3 Å². The normalized spacial score (nSPS) is 10.9. The zero-order valence-corrected chi connectivity index (χ0v) is 8.81. The second kappa shape index (κ2) is 3.85. The Morgan fingerprint density at radius 2 is 2.07 bits per heavy atom. The molecule has 3 heteroatoms. The molecule has 78 valence electrons. The molecule has 0 atom stereocenters. The summed E-state index contributed by atoms with van der Waals surface area (Å²) in [5, 5.41) is 4.08. The first-order chi connectivity index (χ1) is 7.16. The predicted molar refractivity (Wildman–Crippen MR) is 57.6 cm³/mol. The summed E-state index contributed by atoms with van der Waals surface area (Å²) in [5.41, 5.74) is 1.75. The van der Waals surface area contributed by atoms with Crippen molar-refractivity contribution >= 4 is 0 Å². The average Bonchev–Trinajstić information content (AvgIpc) is 2.69. The maximum absolute atomic E-state index is 13.3. The Balaban J connectivity index is 2.49. The molecule has 0 spiro atoms. The number of rotatable bonds is 2. The van der Waals surface area contributed by atoms with Gasteiger partial charge in [-0.2, -0.15) is 5.10 Å². The highest BCUT2D eigenvalue weighted by Crippen LogP contribution is 2.19. The monoisotopic (exact) mass is 204 g/mol. The zero-order valence-electron chi connectivity index (χ0n) is 8.81. The van der Waals surface area contributed by atoms with Crippen LogP contribution in [0, 0.1) is 5.82 Å². The third-order valence-electron chi connectivity index (χ3n) is 2.34. The standard InChI is InChI=1S/C12H13FN2/c1-9(2)10-6-11(13)8-12(7-10)15-5-3-4-14-15/h3-9H,1-2H3. The molecule has 0 unspecified atom stereocenters. The Bertz CT molecular complexity index is 447. The Kier molecular flexibility index (Phi) is 2.54. The molecule has 0 fully saturated rings. The lowest BCUT2D eigenvalue weighted by atomic mass is 10.0. The van der Waals surface area contributed by atoms with Crippen LogP contribution in [-0.4, -0.2) is 9.78 Å². The van der Waals surface area contributed by atoms with Gasteiger partial charge in [-0.25, -0.2) is 9.07 Å². The molecule has 1 aromatic carbocycles. The van der Waals surface area contributed by atoms with E-state index in [4.69, 9.17) is 0 Å². The molecular weight excluding hydrogens is 191 g/mol. The summed E-state index contributed by atoms with van der Waals surface area (Å²) in [7, 11) is 0. The van der Waals surface area contributed by atoms with E-state index < -0.39 is 0 Å². The van der Waals surface area contributed by atoms with Gasteiger partial charge in [0, 0.05) is 12.4 Å². The van der Waals surface area contributed by atoms with E-state index in [1.807, 2.05) is 26.0 Å². The minimum absolute atomic E-state index is 0.216. The second-order valence-electron chi connectivity index (χ2n) is 3.85. The minimum atomic E-state index is -0.216. The van der Waals surface area contributed by atoms with Gasteiger partial charge in [-0.1, -0.05) is 13.8 Å². The van der Waals surface area contributed by atoms with Gasteiger partial charge in [0.1, 0.15) is 5.82 Å². The van der Waals surface area contributed by atoms with Crippen LogP contribution in [0.25, 0.3) is 5.69 Å². The fourth-order valence-electron chi connectivity index (χ4n) is 1.48. The highest BCUT2D eigenvalue weighted by atomic mass is 19.1. The molecule has 0 amide bonds. The molecule has 0 radical (unpaired) electrons. The van der Waals surface area contributed by atoms with Crippen molar-refractivity contribution < 1.29 is 4.39 Å². The van der Waals surface area contributed by atoms with Crippen LogP contribution in [0.2, 0.25) is 0 Å². The highest BCUT2D eigenvalue weighted by molar-refractivity contribution is 5.37. The maximum atomic E-state index is 13.3. The molecule has 1 aromatic heterocycles. The number of halogens is 1. The summed E-state index contributed by atoms with van der Waals surface area (Å²) in [6, 6.07) is 6.83. The van der Waals surface area contributed by atoms with E-state index in [-0.39, 0.29) is 5.82 Å². The lowest BCUT2D eigenvalue weighted by Crippen LogP contribution is -1.98. The van der Waals surface area contributed by atoms with Gasteiger partial charge in [-0.15, -0.1) is 0 Å². The molecule has 0 saturated carbocycles. The van der Waals surface area contributed by atoms with Gasteiger partial charge in [0.05, 0.1) is 5.69 Å². The first-order valence-electron chi connectivity index (χ1n) is 4.97. The van der Waals surface area contributed by atoms with Crippen LogP contribution in [0.4, 0.5) is 4.39 Å². The molecule has 0 N–H and O–H groups in total. The maximum Gasteiger partial charge on any atom is 0.125 e. The summed E-state index contributed by atoms with van der Waals surface area (Å²) in [4.78, 5) is 0. The number of aromatic nitrogens is 2. The number of hydrogen-bond acceptors (Lipinski definition) is 1. The van der Waals surface area contributed by atoms with Gasteiger partial charge in [-0.3, -0.25) is 0 Å². The van der Waals surface area contributed by atoms with Crippen molar-refractivity contribution in [1.82, 2.24) is 9.78 Å². The molecule has 15 heavy (non-hydrogen) atoms. The van der Waals surface area contributed by atoms with Crippen molar-refractivity contribution in [2.75, 3.05) is 0 Å². The minimum Gasteiger partial charge on any atom is -0.241 e. The van der Waals surface area contributed by atoms with Gasteiger partial charge in [-0.05, 0) is 35.7 Å². The summed E-state index contributed by atoms with van der Waals surface area (Å²) in [6.45, 7) is 4.09. The lowest BCUT2D eigenvalue weighted by Gasteiger charge is -2.08. The van der Waals surface area contributed by atoms with Gasteiger partial charge < -0.3 is 0 Å². The van der Waals surface area contributed by atoms with Crippen molar-refractivity contribution in [2.45, 2.75) is 19.8 Å². The van der Waals surface area contributed by atoms with Crippen LogP contribution >= 0.6 is 0 Å². The van der Waals surface area contributed by atoms with E-state index in [0.717, 1.165) is 11.3 Å². The van der Waals surface area contributed by atoms with Crippen molar-refractivity contribution in [2.24, 2.45) is 0 Å². The second-order valence-corrected chi connectivity index (χ2v) is 3.85. The van der Waals surface area contributed by atoms with Gasteiger partial charge in [0.15, 0.2) is 0 Å². The molecule has 2 aromatic rings. The van der Waals surface area contributed by atoms with E-state index >= 15 is 0 Å². The van der Waals surface area contributed by atoms with Gasteiger partial charge in [0.2, 0.25) is 0 Å². The number of hydrogen-bond donors (Lipinski definition) is 0. The van der Waals surface area contributed by atoms with E-state index in [1.54, 1.807) is 23.1 Å². The van der Waals surface area contributed by atoms with Crippen molar-refractivity contribution in [3.63, 3.8) is 0 Å². The fraction of sp³-hybridized carbons (Fsp3) is 0.250. The largest absolute Gasteiger partial charge is 0.241 e. The number of benzene rings is 1. The topological polar surface area (TPSA) is 17.8 Å². The van der Waals surface area contributed by atoms with Crippen molar-refractivity contribution in [1.29, 1.82) is 0 Å².